The maximum Gasteiger partial charge on any atom is 0.191 e. The molecule has 0 aliphatic carbocycles. The Labute approximate surface area is 123 Å². The SMILES string of the molecule is CCNC(=NC)NCc1nnc2ccccn12.I. The Morgan fingerprint density at radius 1 is 1.33 bits per heavy atom. The lowest BCUT2D eigenvalue weighted by Crippen LogP contribution is -2.36. The zero-order chi connectivity index (χ0) is 12.1. The Balaban J connectivity index is 0.00000162. The van der Waals surface area contributed by atoms with Crippen LogP contribution in [-0.2, 0) is 6.54 Å². The van der Waals surface area contributed by atoms with Crippen LogP contribution in [0.4, 0.5) is 0 Å². The predicted molar refractivity (Wildman–Crippen MR) is 82.3 cm³/mol. The Morgan fingerprint density at radius 3 is 2.89 bits per heavy atom. The smallest absolute Gasteiger partial charge is 0.191 e. The zero-order valence-corrected chi connectivity index (χ0v) is 12.8. The molecule has 98 valence electrons. The van der Waals surface area contributed by atoms with Gasteiger partial charge in [0, 0.05) is 19.8 Å². The summed E-state index contributed by atoms with van der Waals surface area (Å²) in [6.07, 6.45) is 1.95. The molecule has 2 rings (SSSR count). The monoisotopic (exact) mass is 360 g/mol. The third-order valence-corrected chi connectivity index (χ3v) is 2.37. The lowest BCUT2D eigenvalue weighted by atomic mass is 10.4. The molecule has 2 N–H and O–H groups in total. The number of halogens is 1. The molecule has 2 aromatic heterocycles. The quantitative estimate of drug-likeness (QED) is 0.488. The number of fused-ring (bicyclic) bond motifs is 1. The average Bonchev–Trinajstić information content (AvgIpc) is 2.78. The number of hydrogen-bond acceptors (Lipinski definition) is 3. The van der Waals surface area contributed by atoms with Crippen molar-refractivity contribution in [3.63, 3.8) is 0 Å². The number of aromatic nitrogens is 3. The van der Waals surface area contributed by atoms with Crippen LogP contribution in [0.5, 0.6) is 0 Å². The lowest BCUT2D eigenvalue weighted by molar-refractivity contribution is 0.772. The van der Waals surface area contributed by atoms with Gasteiger partial charge in [0.05, 0.1) is 6.54 Å². The summed E-state index contributed by atoms with van der Waals surface area (Å²) in [5.74, 6) is 1.62. The first-order chi connectivity index (χ1) is 8.35. The van der Waals surface area contributed by atoms with Gasteiger partial charge < -0.3 is 10.6 Å². The number of hydrogen-bond donors (Lipinski definition) is 2. The first-order valence-electron chi connectivity index (χ1n) is 5.58. The van der Waals surface area contributed by atoms with Crippen molar-refractivity contribution >= 4 is 35.6 Å². The molecule has 2 heterocycles. The van der Waals surface area contributed by atoms with Crippen molar-refractivity contribution in [2.24, 2.45) is 4.99 Å². The van der Waals surface area contributed by atoms with Gasteiger partial charge in [0.15, 0.2) is 17.4 Å². The van der Waals surface area contributed by atoms with E-state index < -0.39 is 0 Å². The summed E-state index contributed by atoms with van der Waals surface area (Å²) < 4.78 is 1.95. The Kier molecular flexibility index (Phi) is 5.83. The van der Waals surface area contributed by atoms with Crippen LogP contribution >= 0.6 is 24.0 Å². The topological polar surface area (TPSA) is 66.6 Å². The van der Waals surface area contributed by atoms with Gasteiger partial charge >= 0.3 is 0 Å². The van der Waals surface area contributed by atoms with Crippen molar-refractivity contribution in [2.45, 2.75) is 13.5 Å². The van der Waals surface area contributed by atoms with Crippen LogP contribution in [0.15, 0.2) is 29.4 Å². The van der Waals surface area contributed by atoms with Crippen LogP contribution in [-0.4, -0.2) is 34.2 Å². The third kappa shape index (κ3) is 3.31. The van der Waals surface area contributed by atoms with E-state index in [1.54, 1.807) is 7.05 Å². The van der Waals surface area contributed by atoms with E-state index in [-0.39, 0.29) is 24.0 Å². The van der Waals surface area contributed by atoms with Gasteiger partial charge in [0.1, 0.15) is 0 Å². The summed E-state index contributed by atoms with van der Waals surface area (Å²) in [6.45, 7) is 3.45. The highest BCUT2D eigenvalue weighted by atomic mass is 127. The molecule has 6 nitrogen and oxygen atoms in total. The molecule has 0 fully saturated rings. The second-order valence-corrected chi connectivity index (χ2v) is 3.50. The fourth-order valence-electron chi connectivity index (χ4n) is 1.56. The van der Waals surface area contributed by atoms with Gasteiger partial charge in [-0.3, -0.25) is 9.39 Å². The van der Waals surface area contributed by atoms with Crippen LogP contribution in [0.2, 0.25) is 0 Å². The summed E-state index contributed by atoms with van der Waals surface area (Å²) in [5.41, 5.74) is 0.850. The van der Waals surface area contributed by atoms with Crippen LogP contribution in [0.3, 0.4) is 0 Å². The Morgan fingerprint density at radius 2 is 2.17 bits per heavy atom. The standard InChI is InChI=1S/C11H16N6.HI/c1-3-13-11(12-2)14-8-10-16-15-9-6-4-5-7-17(9)10;/h4-7H,3,8H2,1-2H3,(H2,12,13,14);1H. The maximum absolute atomic E-state index is 4.13. The van der Waals surface area contributed by atoms with Crippen molar-refractivity contribution < 1.29 is 0 Å². The fraction of sp³-hybridized carbons (Fsp3) is 0.364. The van der Waals surface area contributed by atoms with Crippen LogP contribution in [0, 0.1) is 0 Å². The molecule has 0 saturated carbocycles. The minimum Gasteiger partial charge on any atom is -0.357 e. The van der Waals surface area contributed by atoms with Crippen molar-refractivity contribution in [1.29, 1.82) is 0 Å². The highest BCUT2D eigenvalue weighted by Gasteiger charge is 2.04. The largest absolute Gasteiger partial charge is 0.357 e. The summed E-state index contributed by atoms with van der Waals surface area (Å²) >= 11 is 0. The molecule has 0 atom stereocenters. The fourth-order valence-corrected chi connectivity index (χ4v) is 1.56. The van der Waals surface area contributed by atoms with Crippen molar-refractivity contribution in [1.82, 2.24) is 25.2 Å². The second kappa shape index (κ2) is 7.14. The molecule has 7 heteroatoms. The molecule has 0 aromatic carbocycles. The van der Waals surface area contributed by atoms with E-state index in [4.69, 9.17) is 0 Å². The molecular formula is C11H17IN6. The first-order valence-corrected chi connectivity index (χ1v) is 5.58. The zero-order valence-electron chi connectivity index (χ0n) is 10.4. The predicted octanol–water partition coefficient (Wildman–Crippen LogP) is 1.03. The number of guanidine groups is 1. The van der Waals surface area contributed by atoms with Gasteiger partial charge in [0.25, 0.3) is 0 Å². The van der Waals surface area contributed by atoms with Gasteiger partial charge in [-0.1, -0.05) is 6.07 Å². The summed E-state index contributed by atoms with van der Waals surface area (Å²) in [5, 5.41) is 14.5. The van der Waals surface area contributed by atoms with Crippen molar-refractivity contribution in [3.8, 4) is 0 Å². The highest BCUT2D eigenvalue weighted by Crippen LogP contribution is 2.01. The average molecular weight is 360 g/mol. The van der Waals surface area contributed by atoms with Crippen LogP contribution in [0.25, 0.3) is 5.65 Å². The molecule has 0 aliphatic heterocycles. The van der Waals surface area contributed by atoms with E-state index in [0.717, 1.165) is 24.0 Å². The summed E-state index contributed by atoms with van der Waals surface area (Å²) in [4.78, 5) is 4.09. The lowest BCUT2D eigenvalue weighted by Gasteiger charge is -2.08. The molecule has 0 amide bonds. The molecule has 18 heavy (non-hydrogen) atoms. The summed E-state index contributed by atoms with van der Waals surface area (Å²) in [6, 6.07) is 5.83. The van der Waals surface area contributed by atoms with E-state index in [9.17, 15) is 0 Å². The Bertz CT molecular complexity index is 521. The highest BCUT2D eigenvalue weighted by molar-refractivity contribution is 14.0. The van der Waals surface area contributed by atoms with E-state index in [0.29, 0.717) is 6.54 Å². The van der Waals surface area contributed by atoms with Crippen LogP contribution in [0.1, 0.15) is 12.7 Å². The van der Waals surface area contributed by atoms with Crippen LogP contribution < -0.4 is 10.6 Å². The maximum atomic E-state index is 4.13. The van der Waals surface area contributed by atoms with Gasteiger partial charge in [-0.2, -0.15) is 0 Å². The molecule has 0 bridgehead atoms. The van der Waals surface area contributed by atoms with E-state index in [1.807, 2.05) is 35.7 Å². The minimum atomic E-state index is 0. The number of nitrogens with one attached hydrogen (secondary N) is 2. The third-order valence-electron chi connectivity index (χ3n) is 2.37. The molecule has 2 aromatic rings. The van der Waals surface area contributed by atoms with Gasteiger partial charge in [-0.25, -0.2) is 0 Å². The number of pyridine rings is 1. The minimum absolute atomic E-state index is 0. The number of rotatable bonds is 3. The van der Waals surface area contributed by atoms with E-state index in [1.165, 1.54) is 0 Å². The van der Waals surface area contributed by atoms with E-state index in [2.05, 4.69) is 25.8 Å². The molecule has 0 saturated heterocycles. The van der Waals surface area contributed by atoms with Crippen molar-refractivity contribution in [3.05, 3.63) is 30.2 Å². The Hall–Kier alpha value is -1.38. The molecule has 0 unspecified atom stereocenters. The number of aliphatic imine (C=N–C) groups is 1. The number of nitrogens with zero attached hydrogens (tertiary/aromatic N) is 4. The molecule has 0 aliphatic rings. The summed E-state index contributed by atoms with van der Waals surface area (Å²) in [7, 11) is 1.74. The normalized spacial score (nSPS) is 11.1. The molecule has 0 spiro atoms. The molecular weight excluding hydrogens is 343 g/mol. The van der Waals surface area contributed by atoms with Crippen molar-refractivity contribution in [2.75, 3.05) is 13.6 Å². The second-order valence-electron chi connectivity index (χ2n) is 3.50. The van der Waals surface area contributed by atoms with Gasteiger partial charge in [0.2, 0.25) is 0 Å². The van der Waals surface area contributed by atoms with Gasteiger partial charge in [-0.15, -0.1) is 34.2 Å². The van der Waals surface area contributed by atoms with E-state index >= 15 is 0 Å². The van der Waals surface area contributed by atoms with Gasteiger partial charge in [-0.05, 0) is 19.1 Å². The molecule has 0 radical (unpaired) electrons. The first kappa shape index (κ1) is 14.7.